The van der Waals surface area contributed by atoms with Crippen molar-refractivity contribution in [3.05, 3.63) is 36.3 Å². The number of rotatable bonds is 1. The average Bonchev–Trinajstić information content (AvgIpc) is 2.56. The first-order chi connectivity index (χ1) is 5.86. The van der Waals surface area contributed by atoms with Gasteiger partial charge in [-0.15, -0.1) is 0 Å². The van der Waals surface area contributed by atoms with Crippen LogP contribution in [0.5, 0.6) is 0 Å². The molecule has 2 rings (SSSR count). The van der Waals surface area contributed by atoms with E-state index in [1.165, 1.54) is 6.08 Å². The predicted octanol–water partition coefficient (Wildman–Crippen LogP) is 1.82. The van der Waals surface area contributed by atoms with Gasteiger partial charge < -0.3 is 9.15 Å². The van der Waals surface area contributed by atoms with Crippen LogP contribution >= 0.6 is 0 Å². The molecule has 0 bridgehead atoms. The van der Waals surface area contributed by atoms with Crippen LogP contribution in [0.3, 0.4) is 0 Å². The zero-order valence-electron chi connectivity index (χ0n) is 6.40. The maximum Gasteiger partial charge on any atom is 0.331 e. The SMILES string of the molecule is O=C1C=CC[C@H](c2ccco2)O1. The van der Waals surface area contributed by atoms with E-state index in [4.69, 9.17) is 9.15 Å². The molecule has 0 amide bonds. The van der Waals surface area contributed by atoms with Crippen molar-refractivity contribution < 1.29 is 13.9 Å². The zero-order valence-corrected chi connectivity index (χ0v) is 6.40. The summed E-state index contributed by atoms with van der Waals surface area (Å²) >= 11 is 0. The Morgan fingerprint density at radius 1 is 1.50 bits per heavy atom. The summed E-state index contributed by atoms with van der Waals surface area (Å²) in [6.45, 7) is 0. The fourth-order valence-electron chi connectivity index (χ4n) is 1.16. The fraction of sp³-hybridized carbons (Fsp3) is 0.222. The molecule has 62 valence electrons. The molecule has 0 aromatic carbocycles. The number of carbonyl (C=O) groups excluding carboxylic acids is 1. The molecule has 12 heavy (non-hydrogen) atoms. The Bertz CT molecular complexity index is 298. The number of furan rings is 1. The second kappa shape index (κ2) is 2.85. The molecule has 0 saturated heterocycles. The molecular formula is C9H8O3. The van der Waals surface area contributed by atoms with E-state index >= 15 is 0 Å². The van der Waals surface area contributed by atoms with Gasteiger partial charge in [0.15, 0.2) is 6.10 Å². The first-order valence-electron chi connectivity index (χ1n) is 3.77. The van der Waals surface area contributed by atoms with Gasteiger partial charge in [-0.05, 0) is 12.1 Å². The van der Waals surface area contributed by atoms with Crippen molar-refractivity contribution in [2.24, 2.45) is 0 Å². The highest BCUT2D eigenvalue weighted by atomic mass is 16.6. The summed E-state index contributed by atoms with van der Waals surface area (Å²) in [6, 6.07) is 3.58. The molecule has 0 aliphatic carbocycles. The Labute approximate surface area is 69.6 Å². The van der Waals surface area contributed by atoms with Crippen LogP contribution in [-0.2, 0) is 9.53 Å². The fourth-order valence-corrected chi connectivity index (χ4v) is 1.16. The third-order valence-electron chi connectivity index (χ3n) is 1.72. The maximum atomic E-state index is 10.8. The Morgan fingerprint density at radius 3 is 3.08 bits per heavy atom. The lowest BCUT2D eigenvalue weighted by atomic mass is 10.1. The molecule has 0 N–H and O–H groups in total. The third kappa shape index (κ3) is 1.25. The van der Waals surface area contributed by atoms with Gasteiger partial charge in [-0.25, -0.2) is 4.79 Å². The van der Waals surface area contributed by atoms with Gasteiger partial charge in [0.25, 0.3) is 0 Å². The molecular weight excluding hydrogens is 156 g/mol. The lowest BCUT2D eigenvalue weighted by Gasteiger charge is -2.15. The molecule has 0 spiro atoms. The van der Waals surface area contributed by atoms with Crippen LogP contribution in [0.25, 0.3) is 0 Å². The number of esters is 1. The minimum atomic E-state index is -0.303. The van der Waals surface area contributed by atoms with Gasteiger partial charge in [0.05, 0.1) is 6.26 Å². The number of ether oxygens (including phenoxy) is 1. The first-order valence-corrected chi connectivity index (χ1v) is 3.77. The Morgan fingerprint density at radius 2 is 2.42 bits per heavy atom. The summed E-state index contributed by atoms with van der Waals surface area (Å²) in [5.74, 6) is 0.398. The van der Waals surface area contributed by atoms with Crippen LogP contribution in [0.2, 0.25) is 0 Å². The Hall–Kier alpha value is -1.51. The molecule has 0 unspecified atom stereocenters. The Balaban J connectivity index is 2.17. The Kier molecular flexibility index (Phi) is 1.70. The van der Waals surface area contributed by atoms with Crippen molar-refractivity contribution in [2.75, 3.05) is 0 Å². The molecule has 3 nitrogen and oxygen atoms in total. The van der Waals surface area contributed by atoms with Gasteiger partial charge in [0.1, 0.15) is 5.76 Å². The van der Waals surface area contributed by atoms with Gasteiger partial charge in [0.2, 0.25) is 0 Å². The minimum Gasteiger partial charge on any atom is -0.465 e. The van der Waals surface area contributed by atoms with E-state index < -0.39 is 0 Å². The van der Waals surface area contributed by atoms with Crippen molar-refractivity contribution in [3.63, 3.8) is 0 Å². The smallest absolute Gasteiger partial charge is 0.331 e. The van der Waals surface area contributed by atoms with Gasteiger partial charge in [-0.1, -0.05) is 6.08 Å². The molecule has 1 atom stereocenters. The predicted molar refractivity (Wildman–Crippen MR) is 41.3 cm³/mol. The number of hydrogen-bond acceptors (Lipinski definition) is 3. The molecule has 0 saturated carbocycles. The topological polar surface area (TPSA) is 39.4 Å². The second-order valence-electron chi connectivity index (χ2n) is 2.58. The van der Waals surface area contributed by atoms with E-state index in [9.17, 15) is 4.79 Å². The largest absolute Gasteiger partial charge is 0.465 e. The van der Waals surface area contributed by atoms with Crippen molar-refractivity contribution in [2.45, 2.75) is 12.5 Å². The van der Waals surface area contributed by atoms with Crippen molar-refractivity contribution in [1.29, 1.82) is 0 Å². The molecule has 3 heteroatoms. The molecule has 2 heterocycles. The third-order valence-corrected chi connectivity index (χ3v) is 1.72. The molecule has 0 fully saturated rings. The van der Waals surface area contributed by atoms with Crippen LogP contribution in [-0.4, -0.2) is 5.97 Å². The molecule has 1 aliphatic rings. The molecule has 0 radical (unpaired) electrons. The summed E-state index contributed by atoms with van der Waals surface area (Å²) < 4.78 is 10.1. The highest BCUT2D eigenvalue weighted by Crippen LogP contribution is 2.24. The van der Waals surface area contributed by atoms with Gasteiger partial charge in [0, 0.05) is 12.5 Å². The van der Waals surface area contributed by atoms with E-state index in [1.807, 2.05) is 0 Å². The van der Waals surface area contributed by atoms with Crippen molar-refractivity contribution in [1.82, 2.24) is 0 Å². The molecule has 1 aromatic heterocycles. The monoisotopic (exact) mass is 164 g/mol. The van der Waals surface area contributed by atoms with E-state index in [0.29, 0.717) is 12.2 Å². The van der Waals surface area contributed by atoms with E-state index in [0.717, 1.165) is 0 Å². The van der Waals surface area contributed by atoms with Crippen LogP contribution in [0.4, 0.5) is 0 Å². The summed E-state index contributed by atoms with van der Waals surface area (Å²) in [5.41, 5.74) is 0. The minimum absolute atomic E-state index is 0.238. The van der Waals surface area contributed by atoms with Crippen LogP contribution < -0.4 is 0 Å². The maximum absolute atomic E-state index is 10.8. The van der Waals surface area contributed by atoms with Gasteiger partial charge >= 0.3 is 5.97 Å². The summed E-state index contributed by atoms with van der Waals surface area (Å²) in [7, 11) is 0. The first kappa shape index (κ1) is 7.16. The second-order valence-corrected chi connectivity index (χ2v) is 2.58. The summed E-state index contributed by atoms with van der Waals surface area (Å²) in [4.78, 5) is 10.8. The number of cyclic esters (lactones) is 1. The average molecular weight is 164 g/mol. The lowest BCUT2D eigenvalue weighted by molar-refractivity contribution is -0.145. The lowest BCUT2D eigenvalue weighted by Crippen LogP contribution is -2.11. The highest BCUT2D eigenvalue weighted by Gasteiger charge is 2.19. The summed E-state index contributed by atoms with van der Waals surface area (Å²) in [6.07, 6.45) is 5.25. The van der Waals surface area contributed by atoms with E-state index in [-0.39, 0.29) is 12.1 Å². The number of hydrogen-bond donors (Lipinski definition) is 0. The van der Waals surface area contributed by atoms with Gasteiger partial charge in [-0.2, -0.15) is 0 Å². The van der Waals surface area contributed by atoms with Crippen LogP contribution in [0, 0.1) is 0 Å². The van der Waals surface area contributed by atoms with E-state index in [2.05, 4.69) is 0 Å². The van der Waals surface area contributed by atoms with Crippen molar-refractivity contribution in [3.8, 4) is 0 Å². The normalized spacial score (nSPS) is 22.3. The standard InChI is InChI=1S/C9H8O3/c10-9-5-1-3-8(12-9)7-4-2-6-11-7/h1-2,4-6,8H,3H2/t8-/m1/s1. The zero-order chi connectivity index (χ0) is 8.39. The highest BCUT2D eigenvalue weighted by molar-refractivity contribution is 5.82. The molecule has 1 aliphatic heterocycles. The van der Waals surface area contributed by atoms with E-state index in [1.54, 1.807) is 24.5 Å². The quantitative estimate of drug-likeness (QED) is 0.594. The summed E-state index contributed by atoms with van der Waals surface area (Å²) in [5, 5.41) is 0. The number of carbonyl (C=O) groups is 1. The van der Waals surface area contributed by atoms with Crippen LogP contribution in [0.15, 0.2) is 35.0 Å². The van der Waals surface area contributed by atoms with Crippen molar-refractivity contribution >= 4 is 5.97 Å². The van der Waals surface area contributed by atoms with Gasteiger partial charge in [-0.3, -0.25) is 0 Å². The molecule has 1 aromatic rings. The van der Waals surface area contributed by atoms with Crippen LogP contribution in [0.1, 0.15) is 18.3 Å².